The van der Waals surface area contributed by atoms with E-state index in [4.69, 9.17) is 0 Å². The number of halogens is 2. The standard InChI is InChI=1S/C20H26F2N4/c1-2-23-20-24-11-17(12-25-20)14-26-9-3-4-16(13-26)6-5-15-7-8-18(21)19(22)10-15/h7-8,10-12,16H,2-6,9,13-14H2,1H3,(H,23,24,25)/t16-/m1/s1. The van der Waals surface area contributed by atoms with Gasteiger partial charge in [0.05, 0.1) is 0 Å². The fraction of sp³-hybridized carbons (Fsp3) is 0.500. The molecule has 1 N–H and O–H groups in total. The number of nitrogens with one attached hydrogen (secondary N) is 1. The average molecular weight is 360 g/mol. The molecular weight excluding hydrogens is 334 g/mol. The predicted molar refractivity (Wildman–Crippen MR) is 98.9 cm³/mol. The first-order valence-corrected chi connectivity index (χ1v) is 9.35. The van der Waals surface area contributed by atoms with Crippen LogP contribution in [0.15, 0.2) is 30.6 Å². The zero-order valence-electron chi connectivity index (χ0n) is 15.2. The van der Waals surface area contributed by atoms with Crippen LogP contribution in [-0.2, 0) is 13.0 Å². The summed E-state index contributed by atoms with van der Waals surface area (Å²) in [6.07, 6.45) is 7.91. The van der Waals surface area contributed by atoms with Crippen LogP contribution in [0.2, 0.25) is 0 Å². The molecule has 26 heavy (non-hydrogen) atoms. The first-order chi connectivity index (χ1) is 12.6. The van der Waals surface area contributed by atoms with Gasteiger partial charge < -0.3 is 5.32 Å². The molecule has 2 heterocycles. The van der Waals surface area contributed by atoms with Gasteiger partial charge in [0.1, 0.15) is 0 Å². The van der Waals surface area contributed by atoms with Gasteiger partial charge in [-0.05, 0) is 62.8 Å². The van der Waals surface area contributed by atoms with Crippen LogP contribution in [0.5, 0.6) is 0 Å². The summed E-state index contributed by atoms with van der Waals surface area (Å²) < 4.78 is 26.4. The minimum Gasteiger partial charge on any atom is -0.355 e. The summed E-state index contributed by atoms with van der Waals surface area (Å²) in [5.41, 5.74) is 1.99. The highest BCUT2D eigenvalue weighted by molar-refractivity contribution is 5.24. The zero-order chi connectivity index (χ0) is 18.4. The Bertz CT molecular complexity index is 705. The van der Waals surface area contributed by atoms with E-state index in [1.54, 1.807) is 6.07 Å². The molecule has 1 atom stereocenters. The van der Waals surface area contributed by atoms with Gasteiger partial charge in [-0.2, -0.15) is 0 Å². The molecule has 1 aromatic heterocycles. The molecule has 0 bridgehead atoms. The van der Waals surface area contributed by atoms with Gasteiger partial charge >= 0.3 is 0 Å². The smallest absolute Gasteiger partial charge is 0.222 e. The van der Waals surface area contributed by atoms with Gasteiger partial charge in [0.25, 0.3) is 0 Å². The number of anilines is 1. The van der Waals surface area contributed by atoms with Crippen LogP contribution in [0, 0.1) is 17.6 Å². The molecule has 0 aliphatic carbocycles. The molecule has 1 aliphatic rings. The molecule has 3 rings (SSSR count). The number of likely N-dealkylation sites (tertiary alicyclic amines) is 1. The molecule has 4 nitrogen and oxygen atoms in total. The van der Waals surface area contributed by atoms with E-state index in [-0.39, 0.29) is 0 Å². The van der Waals surface area contributed by atoms with Crippen molar-refractivity contribution in [3.05, 3.63) is 53.4 Å². The van der Waals surface area contributed by atoms with Crippen LogP contribution in [0.1, 0.15) is 37.3 Å². The third kappa shape index (κ3) is 5.21. The van der Waals surface area contributed by atoms with E-state index >= 15 is 0 Å². The van der Waals surface area contributed by atoms with Crippen molar-refractivity contribution in [3.8, 4) is 0 Å². The van der Waals surface area contributed by atoms with Gasteiger partial charge in [-0.25, -0.2) is 18.7 Å². The average Bonchev–Trinajstić information content (AvgIpc) is 2.65. The Balaban J connectivity index is 1.49. The number of aromatic nitrogens is 2. The summed E-state index contributed by atoms with van der Waals surface area (Å²) in [5, 5.41) is 3.10. The van der Waals surface area contributed by atoms with Crippen molar-refractivity contribution in [2.75, 3.05) is 25.0 Å². The second-order valence-electron chi connectivity index (χ2n) is 6.98. The molecule has 0 radical (unpaired) electrons. The van der Waals surface area contributed by atoms with Crippen molar-refractivity contribution in [1.29, 1.82) is 0 Å². The van der Waals surface area contributed by atoms with Crippen LogP contribution in [-0.4, -0.2) is 34.5 Å². The largest absolute Gasteiger partial charge is 0.355 e. The minimum atomic E-state index is -0.778. The first-order valence-electron chi connectivity index (χ1n) is 9.35. The Hall–Kier alpha value is -2.08. The van der Waals surface area contributed by atoms with Crippen molar-refractivity contribution in [1.82, 2.24) is 14.9 Å². The maximum Gasteiger partial charge on any atom is 0.222 e. The summed E-state index contributed by atoms with van der Waals surface area (Å²) >= 11 is 0. The van der Waals surface area contributed by atoms with Crippen LogP contribution < -0.4 is 5.32 Å². The minimum absolute atomic E-state index is 0.582. The van der Waals surface area contributed by atoms with Crippen molar-refractivity contribution in [2.45, 2.75) is 39.2 Å². The molecule has 1 fully saturated rings. The maximum absolute atomic E-state index is 13.3. The van der Waals surface area contributed by atoms with Gasteiger partial charge in [0.2, 0.25) is 5.95 Å². The van der Waals surface area contributed by atoms with E-state index < -0.39 is 11.6 Å². The lowest BCUT2D eigenvalue weighted by atomic mass is 9.91. The monoisotopic (exact) mass is 360 g/mol. The Labute approximate surface area is 153 Å². The normalized spacial score (nSPS) is 18.0. The number of nitrogens with zero attached hydrogens (tertiary/aromatic N) is 3. The zero-order valence-corrected chi connectivity index (χ0v) is 15.2. The lowest BCUT2D eigenvalue weighted by Gasteiger charge is -2.32. The van der Waals surface area contributed by atoms with E-state index in [0.29, 0.717) is 11.9 Å². The molecule has 0 spiro atoms. The van der Waals surface area contributed by atoms with E-state index in [1.807, 2.05) is 19.3 Å². The van der Waals surface area contributed by atoms with E-state index in [1.165, 1.54) is 25.0 Å². The van der Waals surface area contributed by atoms with Gasteiger partial charge in [-0.1, -0.05) is 6.07 Å². The van der Waals surface area contributed by atoms with Crippen LogP contribution >= 0.6 is 0 Å². The van der Waals surface area contributed by atoms with Crippen molar-refractivity contribution in [3.63, 3.8) is 0 Å². The second kappa shape index (κ2) is 9.03. The summed E-state index contributed by atoms with van der Waals surface area (Å²) in [6, 6.07) is 4.22. The van der Waals surface area contributed by atoms with Gasteiger partial charge in [0.15, 0.2) is 11.6 Å². The molecule has 1 aliphatic heterocycles. The van der Waals surface area contributed by atoms with Crippen molar-refractivity contribution >= 4 is 5.95 Å². The molecule has 0 amide bonds. The van der Waals surface area contributed by atoms with Crippen LogP contribution in [0.4, 0.5) is 14.7 Å². The Kier molecular flexibility index (Phi) is 6.50. The fourth-order valence-electron chi connectivity index (χ4n) is 3.54. The SMILES string of the molecule is CCNc1ncc(CN2CCC[C@H](CCc3ccc(F)c(F)c3)C2)cn1. The molecule has 1 aromatic carbocycles. The second-order valence-corrected chi connectivity index (χ2v) is 6.98. The number of benzene rings is 1. The van der Waals surface area contributed by atoms with E-state index in [9.17, 15) is 8.78 Å². The highest BCUT2D eigenvalue weighted by Crippen LogP contribution is 2.23. The molecular formula is C20H26F2N4. The number of hydrogen-bond acceptors (Lipinski definition) is 4. The van der Waals surface area contributed by atoms with Crippen LogP contribution in [0.25, 0.3) is 0 Å². The third-order valence-corrected chi connectivity index (χ3v) is 4.87. The first kappa shape index (κ1) is 18.7. The maximum atomic E-state index is 13.3. The fourth-order valence-corrected chi connectivity index (χ4v) is 3.54. The highest BCUT2D eigenvalue weighted by Gasteiger charge is 2.20. The number of hydrogen-bond donors (Lipinski definition) is 1. The van der Waals surface area contributed by atoms with E-state index in [2.05, 4.69) is 20.2 Å². The quantitative estimate of drug-likeness (QED) is 0.809. The number of piperidine rings is 1. The molecule has 140 valence electrons. The molecule has 1 saturated heterocycles. The third-order valence-electron chi connectivity index (χ3n) is 4.87. The lowest BCUT2D eigenvalue weighted by Crippen LogP contribution is -2.35. The van der Waals surface area contributed by atoms with Gasteiger partial charge in [0, 0.05) is 37.6 Å². The number of aryl methyl sites for hydroxylation is 1. The van der Waals surface area contributed by atoms with Crippen molar-refractivity contribution < 1.29 is 8.78 Å². The molecule has 2 aromatic rings. The number of rotatable bonds is 7. The molecule has 6 heteroatoms. The van der Waals surface area contributed by atoms with Crippen molar-refractivity contribution in [2.24, 2.45) is 5.92 Å². The lowest BCUT2D eigenvalue weighted by molar-refractivity contribution is 0.161. The van der Waals surface area contributed by atoms with E-state index in [0.717, 1.165) is 50.1 Å². The molecule has 0 unspecified atom stereocenters. The van der Waals surface area contributed by atoms with Crippen LogP contribution in [0.3, 0.4) is 0 Å². The Morgan fingerprint density at radius 1 is 1.15 bits per heavy atom. The summed E-state index contributed by atoms with van der Waals surface area (Å²) in [7, 11) is 0. The Morgan fingerprint density at radius 2 is 1.96 bits per heavy atom. The summed E-state index contributed by atoms with van der Waals surface area (Å²) in [6.45, 7) is 5.79. The van der Waals surface area contributed by atoms with Gasteiger partial charge in [-0.3, -0.25) is 4.90 Å². The summed E-state index contributed by atoms with van der Waals surface area (Å²) in [5.74, 6) is -0.285. The Morgan fingerprint density at radius 3 is 2.69 bits per heavy atom. The topological polar surface area (TPSA) is 41.1 Å². The highest BCUT2D eigenvalue weighted by atomic mass is 19.2. The van der Waals surface area contributed by atoms with Gasteiger partial charge in [-0.15, -0.1) is 0 Å². The summed E-state index contributed by atoms with van der Waals surface area (Å²) in [4.78, 5) is 11.1. The molecule has 0 saturated carbocycles. The predicted octanol–water partition coefficient (Wildman–Crippen LogP) is 4.03.